The summed E-state index contributed by atoms with van der Waals surface area (Å²) in [7, 11) is -3.54. The first-order valence-electron chi connectivity index (χ1n) is 6.26. The largest absolute Gasteiger partial charge is 0.225 e. The van der Waals surface area contributed by atoms with Crippen molar-refractivity contribution in [2.45, 2.75) is 16.3 Å². The fraction of sp³-hybridized carbons (Fsp3) is 0.133. The quantitative estimate of drug-likeness (QED) is 0.889. The third kappa shape index (κ3) is 4.90. The second kappa shape index (κ2) is 7.27. The van der Waals surface area contributed by atoms with Crippen LogP contribution in [-0.2, 0) is 16.6 Å². The average Bonchev–Trinajstić information content (AvgIpc) is 2.47. The minimum atomic E-state index is -3.54. The Morgan fingerprint density at radius 2 is 1.71 bits per heavy atom. The fourth-order valence-electron chi connectivity index (χ4n) is 1.69. The van der Waals surface area contributed by atoms with E-state index >= 15 is 0 Å². The smallest absolute Gasteiger partial charge is 0.211 e. The molecule has 21 heavy (non-hydrogen) atoms. The highest BCUT2D eigenvalue weighted by molar-refractivity contribution is 7.99. The minimum absolute atomic E-state index is 0.181. The van der Waals surface area contributed by atoms with Crippen LogP contribution >= 0.6 is 11.8 Å². The predicted octanol–water partition coefficient (Wildman–Crippen LogP) is 2.78. The molecule has 0 fully saturated rings. The number of sulfonamides is 1. The number of hydrogen-bond donors (Lipinski definition) is 1. The van der Waals surface area contributed by atoms with Gasteiger partial charge in [-0.25, -0.2) is 13.1 Å². The number of benzene rings is 2. The van der Waals surface area contributed by atoms with Crippen LogP contribution in [0.4, 0.5) is 0 Å². The van der Waals surface area contributed by atoms with E-state index in [9.17, 15) is 8.42 Å². The predicted molar refractivity (Wildman–Crippen MR) is 83.2 cm³/mol. The minimum Gasteiger partial charge on any atom is -0.211 e. The summed E-state index contributed by atoms with van der Waals surface area (Å²) in [6.07, 6.45) is 0. The zero-order valence-corrected chi connectivity index (χ0v) is 12.8. The molecule has 0 saturated heterocycles. The van der Waals surface area contributed by atoms with Crippen LogP contribution in [0.2, 0.25) is 0 Å². The van der Waals surface area contributed by atoms with Gasteiger partial charge in [-0.05, 0) is 23.8 Å². The molecule has 0 heterocycles. The third-order valence-corrected chi connectivity index (χ3v) is 4.90. The van der Waals surface area contributed by atoms with Gasteiger partial charge in [-0.2, -0.15) is 5.26 Å². The molecule has 6 heteroatoms. The summed E-state index contributed by atoms with van der Waals surface area (Å²) in [4.78, 5) is 2.08. The molecule has 2 rings (SSSR count). The Hall–Kier alpha value is -1.81. The van der Waals surface area contributed by atoms with Crippen LogP contribution in [0.1, 0.15) is 5.56 Å². The Bertz CT molecular complexity index is 738. The van der Waals surface area contributed by atoms with E-state index in [4.69, 9.17) is 5.26 Å². The van der Waals surface area contributed by atoms with Crippen LogP contribution in [0, 0.1) is 11.3 Å². The molecule has 1 N–H and O–H groups in total. The molecule has 2 aromatic rings. The van der Waals surface area contributed by atoms with E-state index in [1.807, 2.05) is 54.6 Å². The lowest BCUT2D eigenvalue weighted by atomic mass is 10.2. The van der Waals surface area contributed by atoms with E-state index in [0.717, 1.165) is 15.4 Å². The Morgan fingerprint density at radius 3 is 2.43 bits per heavy atom. The van der Waals surface area contributed by atoms with Crippen molar-refractivity contribution in [2.24, 2.45) is 0 Å². The molecule has 0 aliphatic rings. The fourth-order valence-corrected chi connectivity index (χ4v) is 3.30. The zero-order chi connectivity index (χ0) is 15.1. The number of nitriles is 1. The normalized spacial score (nSPS) is 11.0. The van der Waals surface area contributed by atoms with Crippen LogP contribution in [0.25, 0.3) is 0 Å². The molecule has 0 spiro atoms. The van der Waals surface area contributed by atoms with Crippen LogP contribution in [-0.4, -0.2) is 14.2 Å². The first-order chi connectivity index (χ1) is 10.1. The molecule has 0 aliphatic heterocycles. The highest BCUT2D eigenvalue weighted by Crippen LogP contribution is 2.30. The van der Waals surface area contributed by atoms with Crippen molar-refractivity contribution in [3.05, 3.63) is 60.2 Å². The van der Waals surface area contributed by atoms with E-state index in [-0.39, 0.29) is 6.54 Å². The lowest BCUT2D eigenvalue weighted by Gasteiger charge is -2.09. The Kier molecular flexibility index (Phi) is 5.39. The lowest BCUT2D eigenvalue weighted by molar-refractivity contribution is 0.584. The van der Waals surface area contributed by atoms with Gasteiger partial charge in [0.1, 0.15) is 0 Å². The van der Waals surface area contributed by atoms with Gasteiger partial charge in [0.25, 0.3) is 0 Å². The summed E-state index contributed by atoms with van der Waals surface area (Å²) in [5, 5.41) is 8.48. The maximum Gasteiger partial charge on any atom is 0.225 e. The van der Waals surface area contributed by atoms with Crippen LogP contribution in [0.5, 0.6) is 0 Å². The van der Waals surface area contributed by atoms with Gasteiger partial charge < -0.3 is 0 Å². The zero-order valence-electron chi connectivity index (χ0n) is 11.2. The third-order valence-electron chi connectivity index (χ3n) is 2.68. The average molecular weight is 318 g/mol. The van der Waals surface area contributed by atoms with E-state index < -0.39 is 15.8 Å². The Morgan fingerprint density at radius 1 is 1.05 bits per heavy atom. The molecule has 4 nitrogen and oxygen atoms in total. The summed E-state index contributed by atoms with van der Waals surface area (Å²) in [5.41, 5.74) is 0.882. The molecule has 0 saturated carbocycles. The second-order valence-electron chi connectivity index (χ2n) is 4.26. The van der Waals surface area contributed by atoms with Crippen LogP contribution in [0.3, 0.4) is 0 Å². The molecule has 0 radical (unpaired) electrons. The van der Waals surface area contributed by atoms with Crippen LogP contribution in [0.15, 0.2) is 64.4 Å². The van der Waals surface area contributed by atoms with Gasteiger partial charge in [0.15, 0.2) is 5.75 Å². The van der Waals surface area contributed by atoms with Crippen molar-refractivity contribution in [1.82, 2.24) is 4.72 Å². The highest BCUT2D eigenvalue weighted by atomic mass is 32.2. The van der Waals surface area contributed by atoms with Gasteiger partial charge in [-0.3, -0.25) is 0 Å². The molecule has 2 aromatic carbocycles. The maximum absolute atomic E-state index is 11.5. The standard InChI is InChI=1S/C15H14N2O2S2/c16-10-11-21(18,19)17-12-13-6-4-5-9-15(13)20-14-7-2-1-3-8-14/h1-9,17H,11-12H2. The molecule has 108 valence electrons. The van der Waals surface area contributed by atoms with Crippen molar-refractivity contribution in [3.63, 3.8) is 0 Å². The van der Waals surface area contributed by atoms with Crippen molar-refractivity contribution in [3.8, 4) is 6.07 Å². The van der Waals surface area contributed by atoms with E-state index in [1.54, 1.807) is 17.8 Å². The van der Waals surface area contributed by atoms with Crippen LogP contribution < -0.4 is 4.72 Å². The van der Waals surface area contributed by atoms with Crippen molar-refractivity contribution in [2.75, 3.05) is 5.75 Å². The Labute approximate surface area is 128 Å². The number of nitrogens with zero attached hydrogens (tertiary/aromatic N) is 1. The molecule has 0 atom stereocenters. The van der Waals surface area contributed by atoms with Crippen molar-refractivity contribution >= 4 is 21.8 Å². The van der Waals surface area contributed by atoms with Gasteiger partial charge in [0, 0.05) is 16.3 Å². The molecule has 0 aromatic heterocycles. The molecular weight excluding hydrogens is 304 g/mol. The van der Waals surface area contributed by atoms with Crippen molar-refractivity contribution < 1.29 is 8.42 Å². The lowest BCUT2D eigenvalue weighted by Crippen LogP contribution is -2.25. The SMILES string of the molecule is N#CCS(=O)(=O)NCc1ccccc1Sc1ccccc1. The maximum atomic E-state index is 11.5. The van der Waals surface area contributed by atoms with Gasteiger partial charge >= 0.3 is 0 Å². The summed E-state index contributed by atoms with van der Waals surface area (Å²) in [5.74, 6) is -0.527. The summed E-state index contributed by atoms with van der Waals surface area (Å²) in [6, 6.07) is 19.1. The highest BCUT2D eigenvalue weighted by Gasteiger charge is 2.11. The van der Waals surface area contributed by atoms with E-state index in [0.29, 0.717) is 0 Å². The first kappa shape index (κ1) is 15.6. The summed E-state index contributed by atoms with van der Waals surface area (Å²) < 4.78 is 25.5. The van der Waals surface area contributed by atoms with Gasteiger partial charge in [0.05, 0.1) is 6.07 Å². The number of rotatable bonds is 6. The molecule has 0 bridgehead atoms. The van der Waals surface area contributed by atoms with E-state index in [2.05, 4.69) is 4.72 Å². The molecule has 0 unspecified atom stereocenters. The Balaban J connectivity index is 2.13. The van der Waals surface area contributed by atoms with E-state index in [1.165, 1.54) is 0 Å². The topological polar surface area (TPSA) is 70.0 Å². The molecular formula is C15H14N2O2S2. The van der Waals surface area contributed by atoms with Crippen molar-refractivity contribution in [1.29, 1.82) is 5.26 Å². The first-order valence-corrected chi connectivity index (χ1v) is 8.73. The van der Waals surface area contributed by atoms with Gasteiger partial charge in [-0.15, -0.1) is 0 Å². The molecule has 0 amide bonds. The number of nitrogens with one attached hydrogen (secondary N) is 1. The summed E-state index contributed by atoms with van der Waals surface area (Å²) >= 11 is 1.58. The van der Waals surface area contributed by atoms with Gasteiger partial charge in [0.2, 0.25) is 10.0 Å². The monoisotopic (exact) mass is 318 g/mol. The molecule has 0 aliphatic carbocycles. The summed E-state index contributed by atoms with van der Waals surface area (Å²) in [6.45, 7) is 0.181. The van der Waals surface area contributed by atoms with Gasteiger partial charge in [-0.1, -0.05) is 48.2 Å². The number of hydrogen-bond acceptors (Lipinski definition) is 4. The second-order valence-corrected chi connectivity index (χ2v) is 7.18.